The second-order valence-corrected chi connectivity index (χ2v) is 5.60. The number of hydrogen-bond donors (Lipinski definition) is 2. The summed E-state index contributed by atoms with van der Waals surface area (Å²) in [5.74, 6) is 1.69. The lowest BCUT2D eigenvalue weighted by Crippen LogP contribution is -2.16. The topological polar surface area (TPSA) is 66.0 Å². The summed E-state index contributed by atoms with van der Waals surface area (Å²) in [7, 11) is 3.80. The van der Waals surface area contributed by atoms with Crippen LogP contribution in [-0.4, -0.2) is 35.6 Å². The fraction of sp³-hybridized carbons (Fsp3) is 0.357. The lowest BCUT2D eigenvalue weighted by atomic mass is 10.2. The number of rotatable bonds is 5. The third-order valence-corrected chi connectivity index (χ3v) is 3.73. The number of anilines is 4. The van der Waals surface area contributed by atoms with E-state index in [4.69, 9.17) is 0 Å². The van der Waals surface area contributed by atoms with Gasteiger partial charge in [0.25, 0.3) is 0 Å². The van der Waals surface area contributed by atoms with Gasteiger partial charge < -0.3 is 15.5 Å². The Morgan fingerprint density at radius 3 is 2.52 bits per heavy atom. The summed E-state index contributed by atoms with van der Waals surface area (Å²) in [4.78, 5) is 15.0. The molecule has 0 amide bonds. The summed E-state index contributed by atoms with van der Waals surface area (Å²) >= 11 is 3.52. The molecule has 0 atom stereocenters. The van der Waals surface area contributed by atoms with Gasteiger partial charge in [-0.3, -0.25) is 0 Å². The maximum absolute atomic E-state index is 4.42. The van der Waals surface area contributed by atoms with E-state index in [0.717, 1.165) is 22.3 Å². The molecule has 0 unspecified atom stereocenters. The van der Waals surface area contributed by atoms with Gasteiger partial charge in [0.05, 0.1) is 0 Å². The van der Waals surface area contributed by atoms with E-state index >= 15 is 0 Å². The van der Waals surface area contributed by atoms with Crippen molar-refractivity contribution in [3.63, 3.8) is 0 Å². The molecule has 0 aliphatic carbocycles. The SMILES string of the molecule is CCNc1nc(Nc2cccc(Br)c2C)nc(N(C)C)n1. The molecule has 6 nitrogen and oxygen atoms in total. The Hall–Kier alpha value is -1.89. The van der Waals surface area contributed by atoms with Crippen LogP contribution in [0.4, 0.5) is 23.5 Å². The van der Waals surface area contributed by atoms with Crippen LogP contribution in [-0.2, 0) is 0 Å². The van der Waals surface area contributed by atoms with Gasteiger partial charge in [-0.1, -0.05) is 22.0 Å². The Kier molecular flexibility index (Phi) is 4.95. The van der Waals surface area contributed by atoms with Crippen molar-refractivity contribution in [2.24, 2.45) is 0 Å². The summed E-state index contributed by atoms with van der Waals surface area (Å²) in [6.45, 7) is 4.79. The van der Waals surface area contributed by atoms with Crippen molar-refractivity contribution >= 4 is 39.5 Å². The molecule has 7 heteroatoms. The Balaban J connectivity index is 2.36. The van der Waals surface area contributed by atoms with E-state index in [1.54, 1.807) is 0 Å². The van der Waals surface area contributed by atoms with Gasteiger partial charge in [-0.25, -0.2) is 0 Å². The molecule has 0 aliphatic heterocycles. The fourth-order valence-electron chi connectivity index (χ4n) is 1.72. The van der Waals surface area contributed by atoms with E-state index < -0.39 is 0 Å². The van der Waals surface area contributed by atoms with Gasteiger partial charge in [0, 0.05) is 30.8 Å². The Morgan fingerprint density at radius 1 is 1.14 bits per heavy atom. The van der Waals surface area contributed by atoms with Gasteiger partial charge >= 0.3 is 0 Å². The number of benzene rings is 1. The van der Waals surface area contributed by atoms with Crippen LogP contribution in [0.2, 0.25) is 0 Å². The molecule has 0 aliphatic rings. The molecule has 1 aromatic carbocycles. The largest absolute Gasteiger partial charge is 0.354 e. The minimum atomic E-state index is 0.519. The van der Waals surface area contributed by atoms with E-state index in [1.165, 1.54) is 0 Å². The van der Waals surface area contributed by atoms with Crippen LogP contribution in [0.5, 0.6) is 0 Å². The zero-order valence-electron chi connectivity index (χ0n) is 12.6. The van der Waals surface area contributed by atoms with Crippen molar-refractivity contribution in [2.45, 2.75) is 13.8 Å². The van der Waals surface area contributed by atoms with Gasteiger partial charge in [0.1, 0.15) is 0 Å². The Labute approximate surface area is 133 Å². The molecule has 21 heavy (non-hydrogen) atoms. The molecule has 2 N–H and O–H groups in total. The van der Waals surface area contributed by atoms with Crippen LogP contribution in [0.15, 0.2) is 22.7 Å². The molecule has 1 heterocycles. The van der Waals surface area contributed by atoms with Crippen molar-refractivity contribution in [3.05, 3.63) is 28.2 Å². The highest BCUT2D eigenvalue weighted by Gasteiger charge is 2.09. The normalized spacial score (nSPS) is 10.3. The van der Waals surface area contributed by atoms with Crippen LogP contribution < -0.4 is 15.5 Å². The van der Waals surface area contributed by atoms with Gasteiger partial charge in [0.2, 0.25) is 17.8 Å². The van der Waals surface area contributed by atoms with Gasteiger partial charge in [-0.15, -0.1) is 0 Å². The number of hydrogen-bond acceptors (Lipinski definition) is 6. The van der Waals surface area contributed by atoms with E-state index in [0.29, 0.717) is 17.8 Å². The summed E-state index contributed by atoms with van der Waals surface area (Å²) in [6.07, 6.45) is 0. The average Bonchev–Trinajstić information content (AvgIpc) is 2.44. The first-order valence-electron chi connectivity index (χ1n) is 6.70. The first-order chi connectivity index (χ1) is 10.0. The van der Waals surface area contributed by atoms with Crippen LogP contribution in [0.1, 0.15) is 12.5 Å². The minimum absolute atomic E-state index is 0.519. The molecule has 0 spiro atoms. The molecular weight excluding hydrogens is 332 g/mol. The van der Waals surface area contributed by atoms with Crippen LogP contribution >= 0.6 is 15.9 Å². The molecule has 112 valence electrons. The van der Waals surface area contributed by atoms with E-state index in [1.807, 2.05) is 51.0 Å². The van der Waals surface area contributed by atoms with Crippen molar-refractivity contribution in [2.75, 3.05) is 36.2 Å². The smallest absolute Gasteiger partial charge is 0.233 e. The van der Waals surface area contributed by atoms with Crippen LogP contribution in [0.3, 0.4) is 0 Å². The van der Waals surface area contributed by atoms with Gasteiger partial charge in [-0.05, 0) is 31.5 Å². The first kappa shape index (κ1) is 15.5. The summed E-state index contributed by atoms with van der Waals surface area (Å²) < 4.78 is 1.04. The van der Waals surface area contributed by atoms with E-state index in [2.05, 4.69) is 41.5 Å². The maximum Gasteiger partial charge on any atom is 0.233 e. The molecule has 0 radical (unpaired) electrons. The molecule has 2 rings (SSSR count). The summed E-state index contributed by atoms with van der Waals surface area (Å²) in [6, 6.07) is 5.97. The molecule has 0 bridgehead atoms. The van der Waals surface area contributed by atoms with E-state index in [-0.39, 0.29) is 0 Å². The predicted molar refractivity (Wildman–Crippen MR) is 90.5 cm³/mol. The number of nitrogens with zero attached hydrogens (tertiary/aromatic N) is 4. The van der Waals surface area contributed by atoms with Gasteiger partial charge in [-0.2, -0.15) is 15.0 Å². The van der Waals surface area contributed by atoms with Gasteiger partial charge in [0.15, 0.2) is 0 Å². The molecule has 0 fully saturated rings. The first-order valence-corrected chi connectivity index (χ1v) is 7.50. The second-order valence-electron chi connectivity index (χ2n) is 4.74. The maximum atomic E-state index is 4.42. The van der Waals surface area contributed by atoms with Crippen molar-refractivity contribution in [1.82, 2.24) is 15.0 Å². The zero-order chi connectivity index (χ0) is 15.4. The summed E-state index contributed by atoms with van der Waals surface area (Å²) in [5, 5.41) is 6.37. The lowest BCUT2D eigenvalue weighted by molar-refractivity contribution is 0.953. The zero-order valence-corrected chi connectivity index (χ0v) is 14.2. The van der Waals surface area contributed by atoms with Crippen molar-refractivity contribution in [3.8, 4) is 0 Å². The highest BCUT2D eigenvalue weighted by atomic mass is 79.9. The standard InChI is InChI=1S/C14H19BrN6/c1-5-16-12-18-13(20-14(19-12)21(3)4)17-11-8-6-7-10(15)9(11)2/h6-8H,5H2,1-4H3,(H2,16,17,18,19,20). The summed E-state index contributed by atoms with van der Waals surface area (Å²) in [5.41, 5.74) is 2.07. The lowest BCUT2D eigenvalue weighted by Gasteiger charge is -2.14. The highest BCUT2D eigenvalue weighted by Crippen LogP contribution is 2.26. The Bertz CT molecular complexity index is 629. The quantitative estimate of drug-likeness (QED) is 0.863. The number of nitrogens with one attached hydrogen (secondary N) is 2. The van der Waals surface area contributed by atoms with Crippen molar-refractivity contribution in [1.29, 1.82) is 0 Å². The Morgan fingerprint density at radius 2 is 1.86 bits per heavy atom. The average molecular weight is 351 g/mol. The molecule has 1 aromatic heterocycles. The molecule has 2 aromatic rings. The van der Waals surface area contributed by atoms with E-state index in [9.17, 15) is 0 Å². The third kappa shape index (κ3) is 3.81. The number of halogens is 1. The van der Waals surface area contributed by atoms with Crippen LogP contribution in [0, 0.1) is 6.92 Å². The van der Waals surface area contributed by atoms with Crippen LogP contribution in [0.25, 0.3) is 0 Å². The molecule has 0 saturated heterocycles. The fourth-order valence-corrected chi connectivity index (χ4v) is 2.09. The molecule has 0 saturated carbocycles. The minimum Gasteiger partial charge on any atom is -0.354 e. The number of aromatic nitrogens is 3. The second kappa shape index (κ2) is 6.71. The van der Waals surface area contributed by atoms with Crippen molar-refractivity contribution < 1.29 is 0 Å². The third-order valence-electron chi connectivity index (χ3n) is 2.87. The highest BCUT2D eigenvalue weighted by molar-refractivity contribution is 9.10. The monoisotopic (exact) mass is 350 g/mol. The molecular formula is C14H19BrN6. The predicted octanol–water partition coefficient (Wildman–Crippen LogP) is 3.18.